The van der Waals surface area contributed by atoms with Gasteiger partial charge < -0.3 is 29.4 Å². The zero-order valence-corrected chi connectivity index (χ0v) is 20.2. The Balaban J connectivity index is 1.73. The number of nitrogens with zero attached hydrogens (tertiary/aromatic N) is 3. The van der Waals surface area contributed by atoms with Gasteiger partial charge in [-0.25, -0.2) is 14.8 Å². The summed E-state index contributed by atoms with van der Waals surface area (Å²) in [6, 6.07) is 11.2. The number of hydrogen-bond acceptors (Lipinski definition) is 7. The third kappa shape index (κ3) is 5.61. The Kier molecular flexibility index (Phi) is 7.45. The minimum atomic E-state index is -1.04. The normalized spacial score (nSPS) is 11.4. The van der Waals surface area contributed by atoms with Crippen LogP contribution in [0, 0.1) is 0 Å². The zero-order chi connectivity index (χ0) is 25.7. The van der Waals surface area contributed by atoms with E-state index in [0.717, 1.165) is 23.7 Å². The molecule has 0 radical (unpaired) electrons. The standard InChI is InChI=1S/C26H27N5O5/c1-4-35-21-14-17(5-8-19(21)24-29-25-23(26(34)30-24)27-15-28-25)16-6-9-20(36-12-11-31(2)3)18(13-16)7-10-22(32)33/h5-10,13-15H,4,11-12H2,1-3H3,(H,32,33)(H2,27,28,29,30,34)/b10-7+. The number of carboxylic acid groups (broad SMARTS) is 1. The average molecular weight is 490 g/mol. The lowest BCUT2D eigenvalue weighted by Gasteiger charge is -2.15. The Labute approximate surface area is 207 Å². The Bertz CT molecular complexity index is 1470. The van der Waals surface area contributed by atoms with Gasteiger partial charge in [-0.1, -0.05) is 12.1 Å². The molecule has 0 fully saturated rings. The van der Waals surface area contributed by atoms with Gasteiger partial charge in [-0.3, -0.25) is 4.79 Å². The fourth-order valence-corrected chi connectivity index (χ4v) is 3.63. The van der Waals surface area contributed by atoms with E-state index in [9.17, 15) is 9.59 Å². The number of rotatable bonds is 10. The molecule has 10 nitrogen and oxygen atoms in total. The number of ether oxygens (including phenoxy) is 2. The van der Waals surface area contributed by atoms with Gasteiger partial charge in [0.25, 0.3) is 5.56 Å². The van der Waals surface area contributed by atoms with Crippen LogP contribution in [0.4, 0.5) is 0 Å². The summed E-state index contributed by atoms with van der Waals surface area (Å²) in [4.78, 5) is 39.6. The number of H-pyrrole nitrogens is 2. The van der Waals surface area contributed by atoms with E-state index in [1.807, 2.05) is 62.3 Å². The van der Waals surface area contributed by atoms with Crippen molar-refractivity contribution < 1.29 is 19.4 Å². The summed E-state index contributed by atoms with van der Waals surface area (Å²) in [5.41, 5.74) is 3.25. The van der Waals surface area contributed by atoms with Gasteiger partial charge in [0.1, 0.15) is 23.9 Å². The van der Waals surface area contributed by atoms with Crippen molar-refractivity contribution >= 4 is 23.2 Å². The van der Waals surface area contributed by atoms with Crippen molar-refractivity contribution in [3.8, 4) is 34.0 Å². The Morgan fingerprint density at radius 1 is 1.11 bits per heavy atom. The van der Waals surface area contributed by atoms with Crippen LogP contribution in [0.1, 0.15) is 12.5 Å². The minimum Gasteiger partial charge on any atom is -0.493 e. The van der Waals surface area contributed by atoms with Crippen molar-refractivity contribution in [2.24, 2.45) is 0 Å². The van der Waals surface area contributed by atoms with Gasteiger partial charge in [-0.05, 0) is 62.5 Å². The highest BCUT2D eigenvalue weighted by molar-refractivity contribution is 5.86. The zero-order valence-electron chi connectivity index (χ0n) is 20.2. The first-order chi connectivity index (χ1) is 17.4. The summed E-state index contributed by atoms with van der Waals surface area (Å²) in [6.45, 7) is 3.48. The summed E-state index contributed by atoms with van der Waals surface area (Å²) >= 11 is 0. The van der Waals surface area contributed by atoms with Crippen molar-refractivity contribution in [3.05, 3.63) is 64.7 Å². The molecule has 0 amide bonds. The molecule has 0 atom stereocenters. The molecule has 0 saturated carbocycles. The molecule has 3 N–H and O–H groups in total. The van der Waals surface area contributed by atoms with Crippen LogP contribution < -0.4 is 15.0 Å². The van der Waals surface area contributed by atoms with E-state index in [1.54, 1.807) is 0 Å². The van der Waals surface area contributed by atoms with Crippen LogP contribution in [0.3, 0.4) is 0 Å². The SMILES string of the molecule is CCOc1cc(-c2ccc(OCCN(C)C)c(/C=C/C(=O)O)c2)ccc1-c1nc2[nH]cnc2c(=O)[nH]1. The molecule has 36 heavy (non-hydrogen) atoms. The highest BCUT2D eigenvalue weighted by atomic mass is 16.5. The molecular formula is C26H27N5O5. The molecule has 2 aromatic carbocycles. The second-order valence-electron chi connectivity index (χ2n) is 8.23. The molecule has 0 unspecified atom stereocenters. The van der Waals surface area contributed by atoms with E-state index >= 15 is 0 Å². The smallest absolute Gasteiger partial charge is 0.328 e. The van der Waals surface area contributed by atoms with Crippen LogP contribution in [0.25, 0.3) is 39.8 Å². The average Bonchev–Trinajstić information content (AvgIpc) is 3.32. The maximum absolute atomic E-state index is 12.4. The van der Waals surface area contributed by atoms with Crippen molar-refractivity contribution in [1.29, 1.82) is 0 Å². The van der Waals surface area contributed by atoms with Crippen LogP contribution in [0.5, 0.6) is 11.5 Å². The third-order valence-electron chi connectivity index (χ3n) is 5.37. The highest BCUT2D eigenvalue weighted by Gasteiger charge is 2.15. The molecule has 4 aromatic rings. The molecule has 0 aliphatic heterocycles. The first kappa shape index (κ1) is 24.7. The number of aliphatic carboxylic acids is 1. The Morgan fingerprint density at radius 2 is 1.89 bits per heavy atom. The van der Waals surface area contributed by atoms with Crippen molar-refractivity contribution in [2.75, 3.05) is 33.9 Å². The molecule has 10 heteroatoms. The largest absolute Gasteiger partial charge is 0.493 e. The van der Waals surface area contributed by atoms with Gasteiger partial charge >= 0.3 is 5.97 Å². The molecule has 2 aromatic heterocycles. The van der Waals surface area contributed by atoms with E-state index in [2.05, 4.69) is 19.9 Å². The van der Waals surface area contributed by atoms with Gasteiger partial charge in [0.05, 0.1) is 18.5 Å². The lowest BCUT2D eigenvalue weighted by Crippen LogP contribution is -2.19. The first-order valence-corrected chi connectivity index (χ1v) is 11.4. The number of carboxylic acids is 1. The quantitative estimate of drug-likeness (QED) is 0.289. The fraction of sp³-hybridized carbons (Fsp3) is 0.231. The predicted molar refractivity (Wildman–Crippen MR) is 137 cm³/mol. The first-order valence-electron chi connectivity index (χ1n) is 11.4. The molecule has 4 rings (SSSR count). The number of aromatic nitrogens is 4. The predicted octanol–water partition coefficient (Wildman–Crippen LogP) is 3.42. The van der Waals surface area contributed by atoms with Gasteiger partial charge in [0.15, 0.2) is 11.2 Å². The minimum absolute atomic E-state index is 0.239. The number of fused-ring (bicyclic) bond motifs is 1. The maximum atomic E-state index is 12.4. The van der Waals surface area contributed by atoms with Gasteiger partial charge in [-0.2, -0.15) is 0 Å². The van der Waals surface area contributed by atoms with Gasteiger partial charge in [-0.15, -0.1) is 0 Å². The van der Waals surface area contributed by atoms with Gasteiger partial charge in [0.2, 0.25) is 0 Å². The fourth-order valence-electron chi connectivity index (χ4n) is 3.63. The summed E-state index contributed by atoms with van der Waals surface area (Å²) in [7, 11) is 3.91. The third-order valence-corrected chi connectivity index (χ3v) is 5.37. The van der Waals surface area contributed by atoms with Crippen molar-refractivity contribution in [3.63, 3.8) is 0 Å². The van der Waals surface area contributed by atoms with E-state index in [-0.39, 0.29) is 11.1 Å². The van der Waals surface area contributed by atoms with Crippen molar-refractivity contribution in [2.45, 2.75) is 6.92 Å². The highest BCUT2D eigenvalue weighted by Crippen LogP contribution is 2.35. The number of likely N-dealkylation sites (N-methyl/N-ethyl adjacent to an activating group) is 1. The lowest BCUT2D eigenvalue weighted by atomic mass is 10.00. The number of carbonyl (C=O) groups is 1. The van der Waals surface area contributed by atoms with E-state index in [1.165, 1.54) is 12.4 Å². The van der Waals surface area contributed by atoms with Crippen LogP contribution >= 0.6 is 0 Å². The summed E-state index contributed by atoms with van der Waals surface area (Å²) < 4.78 is 11.8. The Hall–Kier alpha value is -4.44. The number of imidazole rings is 1. The van der Waals surface area contributed by atoms with Gasteiger partial charge in [0, 0.05) is 18.2 Å². The molecule has 0 aliphatic carbocycles. The molecule has 0 aliphatic rings. The van der Waals surface area contributed by atoms with E-state index in [0.29, 0.717) is 47.3 Å². The summed E-state index contributed by atoms with van der Waals surface area (Å²) in [5.74, 6) is 0.458. The van der Waals surface area contributed by atoms with Crippen LogP contribution in [-0.2, 0) is 4.79 Å². The van der Waals surface area contributed by atoms with E-state index in [4.69, 9.17) is 14.6 Å². The van der Waals surface area contributed by atoms with Crippen LogP contribution in [0.2, 0.25) is 0 Å². The number of benzene rings is 2. The molecule has 186 valence electrons. The summed E-state index contributed by atoms with van der Waals surface area (Å²) in [5, 5.41) is 9.12. The topological polar surface area (TPSA) is 133 Å². The maximum Gasteiger partial charge on any atom is 0.328 e. The second-order valence-corrected chi connectivity index (χ2v) is 8.23. The molecule has 2 heterocycles. The van der Waals surface area contributed by atoms with Crippen LogP contribution in [0.15, 0.2) is 53.6 Å². The Morgan fingerprint density at radius 3 is 2.64 bits per heavy atom. The van der Waals surface area contributed by atoms with E-state index < -0.39 is 5.97 Å². The number of nitrogens with one attached hydrogen (secondary N) is 2. The second kappa shape index (κ2) is 10.9. The lowest BCUT2D eigenvalue weighted by molar-refractivity contribution is -0.131. The summed E-state index contributed by atoms with van der Waals surface area (Å²) in [6.07, 6.45) is 4.02. The molecule has 0 bridgehead atoms. The number of hydrogen-bond donors (Lipinski definition) is 3. The molecular weight excluding hydrogens is 462 g/mol. The number of aromatic amines is 2. The molecule has 0 saturated heterocycles. The molecule has 0 spiro atoms. The van der Waals surface area contributed by atoms with Crippen molar-refractivity contribution in [1.82, 2.24) is 24.8 Å². The van der Waals surface area contributed by atoms with Crippen LogP contribution in [-0.4, -0.2) is 69.8 Å². The monoisotopic (exact) mass is 489 g/mol.